The van der Waals surface area contributed by atoms with Gasteiger partial charge in [0, 0.05) is 18.2 Å². The normalized spacial score (nSPS) is 9.71. The van der Waals surface area contributed by atoms with Crippen molar-refractivity contribution in [3.63, 3.8) is 0 Å². The van der Waals surface area contributed by atoms with Crippen LogP contribution in [0.4, 0.5) is 11.4 Å². The Hall–Kier alpha value is -1.69. The molecule has 0 radical (unpaired) electrons. The summed E-state index contributed by atoms with van der Waals surface area (Å²) in [6, 6.07) is 11.6. The van der Waals surface area contributed by atoms with E-state index in [1.807, 2.05) is 0 Å². The first-order valence-corrected chi connectivity index (χ1v) is 6.15. The summed E-state index contributed by atoms with van der Waals surface area (Å²) >= 11 is 0. The van der Waals surface area contributed by atoms with E-state index >= 15 is 0 Å². The maximum absolute atomic E-state index is 10.6. The zero-order valence-corrected chi connectivity index (χ0v) is 10.7. The maximum atomic E-state index is 10.6. The number of nitrogens with one attached hydrogen (secondary N) is 1. The summed E-state index contributed by atoms with van der Waals surface area (Å²) in [5.41, 5.74) is 1.67. The number of anilines is 2. The van der Waals surface area contributed by atoms with E-state index in [1.165, 1.54) is 6.07 Å². The van der Waals surface area contributed by atoms with Gasteiger partial charge >= 0.3 is 35.5 Å². The molecular formula is C15H16NNaO4. The van der Waals surface area contributed by atoms with Gasteiger partial charge in [-0.25, -0.2) is 0 Å². The van der Waals surface area contributed by atoms with Crippen LogP contribution in [0.2, 0.25) is 0 Å². The molecule has 6 heteroatoms. The third kappa shape index (κ3) is 4.97. The molecule has 0 amide bonds. The Balaban J connectivity index is 0.00000220. The average molecular weight is 297 g/mol. The molecule has 0 aliphatic carbocycles. The van der Waals surface area contributed by atoms with Gasteiger partial charge in [0.2, 0.25) is 0 Å². The second kappa shape index (κ2) is 7.93. The van der Waals surface area contributed by atoms with Crippen LogP contribution < -0.4 is 5.32 Å². The molecule has 0 aromatic heterocycles. The van der Waals surface area contributed by atoms with Crippen molar-refractivity contribution in [2.45, 2.75) is 12.8 Å². The molecule has 0 spiro atoms. The molecular weight excluding hydrogens is 281 g/mol. The fourth-order valence-corrected chi connectivity index (χ4v) is 1.87. The van der Waals surface area contributed by atoms with Crippen LogP contribution in [0.15, 0.2) is 42.5 Å². The number of benzene rings is 2. The number of carboxylic acids is 1. The summed E-state index contributed by atoms with van der Waals surface area (Å²) < 4.78 is 0. The molecule has 0 saturated carbocycles. The van der Waals surface area contributed by atoms with Gasteiger partial charge in [-0.2, -0.15) is 0 Å². The van der Waals surface area contributed by atoms with E-state index in [9.17, 15) is 15.0 Å². The van der Waals surface area contributed by atoms with Crippen molar-refractivity contribution in [1.29, 1.82) is 0 Å². The first kappa shape index (κ1) is 17.4. The topological polar surface area (TPSA) is 89.8 Å². The van der Waals surface area contributed by atoms with Crippen molar-refractivity contribution in [1.82, 2.24) is 0 Å². The second-order valence-electron chi connectivity index (χ2n) is 4.38. The molecule has 0 bridgehead atoms. The van der Waals surface area contributed by atoms with Crippen LogP contribution in [0.3, 0.4) is 0 Å². The minimum atomic E-state index is -0.907. The Morgan fingerprint density at radius 1 is 1.10 bits per heavy atom. The first-order valence-electron chi connectivity index (χ1n) is 6.15. The van der Waals surface area contributed by atoms with Gasteiger partial charge in [-0.05, 0) is 30.2 Å². The number of rotatable bonds is 5. The predicted octanol–water partition coefficient (Wildman–Crippen LogP) is 2.21. The molecule has 0 atom stereocenters. The molecule has 0 aliphatic rings. The molecule has 0 fully saturated rings. The second-order valence-corrected chi connectivity index (χ2v) is 4.38. The van der Waals surface area contributed by atoms with Gasteiger partial charge in [0.1, 0.15) is 11.5 Å². The predicted molar refractivity (Wildman–Crippen MR) is 82.6 cm³/mol. The van der Waals surface area contributed by atoms with Gasteiger partial charge in [0.25, 0.3) is 0 Å². The van der Waals surface area contributed by atoms with E-state index in [-0.39, 0.29) is 53.9 Å². The molecule has 0 aliphatic heterocycles. The van der Waals surface area contributed by atoms with Gasteiger partial charge in [-0.15, -0.1) is 0 Å². The van der Waals surface area contributed by atoms with Crippen LogP contribution in [-0.4, -0.2) is 50.8 Å². The van der Waals surface area contributed by atoms with Crippen molar-refractivity contribution >= 4 is 46.9 Å². The quantitative estimate of drug-likeness (QED) is 0.502. The summed E-state index contributed by atoms with van der Waals surface area (Å²) in [5, 5.41) is 31.2. The van der Waals surface area contributed by atoms with Gasteiger partial charge in [0.05, 0.1) is 5.69 Å². The van der Waals surface area contributed by atoms with Crippen LogP contribution in [0.1, 0.15) is 12.0 Å². The summed E-state index contributed by atoms with van der Waals surface area (Å²) in [5.74, 6) is -0.760. The average Bonchev–Trinajstić information content (AvgIpc) is 2.40. The summed E-state index contributed by atoms with van der Waals surface area (Å²) in [4.78, 5) is 10.6. The first-order chi connectivity index (χ1) is 9.56. The summed E-state index contributed by atoms with van der Waals surface area (Å²) in [7, 11) is 0. The van der Waals surface area contributed by atoms with Crippen LogP contribution in [-0.2, 0) is 11.2 Å². The number of hydrogen-bond donors (Lipinski definition) is 4. The summed E-state index contributed by atoms with van der Waals surface area (Å²) in [6.45, 7) is 0. The van der Waals surface area contributed by atoms with Gasteiger partial charge in [-0.1, -0.05) is 18.2 Å². The Morgan fingerprint density at radius 3 is 2.48 bits per heavy atom. The Labute approximate surface area is 144 Å². The van der Waals surface area contributed by atoms with Gasteiger partial charge < -0.3 is 20.6 Å². The fraction of sp³-hybridized carbons (Fsp3) is 0.133. The molecule has 2 aromatic carbocycles. The van der Waals surface area contributed by atoms with Crippen LogP contribution in [0.25, 0.3) is 0 Å². The van der Waals surface area contributed by atoms with E-state index in [0.717, 1.165) is 0 Å². The number of aryl methyl sites for hydroxylation is 1. The Bertz CT molecular complexity index is 631. The van der Waals surface area contributed by atoms with E-state index in [0.29, 0.717) is 16.9 Å². The van der Waals surface area contributed by atoms with Crippen LogP contribution in [0, 0.1) is 0 Å². The van der Waals surface area contributed by atoms with E-state index < -0.39 is 5.97 Å². The van der Waals surface area contributed by atoms with Crippen molar-refractivity contribution in [2.75, 3.05) is 5.32 Å². The number of para-hydroxylation sites is 1. The van der Waals surface area contributed by atoms with E-state index in [1.54, 1.807) is 36.4 Å². The van der Waals surface area contributed by atoms with E-state index in [4.69, 9.17) is 5.11 Å². The summed E-state index contributed by atoms with van der Waals surface area (Å²) in [6.07, 6.45) is 0.222. The molecule has 106 valence electrons. The van der Waals surface area contributed by atoms with Gasteiger partial charge in [0.15, 0.2) is 0 Å². The standard InChI is InChI=1S/C15H15NO4.Na.H/c17-12-5-2-4-11(9-12)16-13-6-1-3-10(15(13)20)7-8-14(18)19;;/h1-6,9,16-17,20H,7-8H2,(H,18,19);;. The fourth-order valence-electron chi connectivity index (χ4n) is 1.87. The number of carboxylic acid groups (broad SMARTS) is 1. The number of aromatic hydroxyl groups is 2. The Kier molecular flexibility index (Phi) is 6.55. The van der Waals surface area contributed by atoms with Crippen molar-refractivity contribution in [2.24, 2.45) is 0 Å². The zero-order chi connectivity index (χ0) is 14.5. The zero-order valence-electron chi connectivity index (χ0n) is 10.7. The SMILES string of the molecule is O=C(O)CCc1cccc(Nc2cccc(O)c2)c1O.[NaH]. The van der Waals surface area contributed by atoms with Gasteiger partial charge in [-0.3, -0.25) is 4.79 Å². The van der Waals surface area contributed by atoms with Crippen molar-refractivity contribution in [3.8, 4) is 11.5 Å². The van der Waals surface area contributed by atoms with Crippen LogP contribution >= 0.6 is 0 Å². The van der Waals surface area contributed by atoms with Crippen molar-refractivity contribution < 1.29 is 20.1 Å². The molecule has 0 heterocycles. The number of aliphatic carboxylic acids is 1. The van der Waals surface area contributed by atoms with Crippen molar-refractivity contribution in [3.05, 3.63) is 48.0 Å². The molecule has 0 unspecified atom stereocenters. The van der Waals surface area contributed by atoms with E-state index in [2.05, 4.69) is 5.32 Å². The monoisotopic (exact) mass is 297 g/mol. The molecule has 5 nitrogen and oxygen atoms in total. The number of phenolic OH excluding ortho intramolecular Hbond substituents is 2. The minimum absolute atomic E-state index is 0. The molecule has 0 saturated heterocycles. The molecule has 2 aromatic rings. The number of hydrogen-bond acceptors (Lipinski definition) is 4. The van der Waals surface area contributed by atoms with Crippen LogP contribution in [0.5, 0.6) is 11.5 Å². The third-order valence-corrected chi connectivity index (χ3v) is 2.85. The Morgan fingerprint density at radius 2 is 1.81 bits per heavy atom. The molecule has 4 N–H and O–H groups in total. The molecule has 21 heavy (non-hydrogen) atoms. The number of phenols is 2. The molecule has 2 rings (SSSR count). The number of carbonyl (C=O) groups is 1. The third-order valence-electron chi connectivity index (χ3n) is 2.85.